The predicted octanol–water partition coefficient (Wildman–Crippen LogP) is 11.2. The highest BCUT2D eigenvalue weighted by Crippen LogP contribution is 2.36. The van der Waals surface area contributed by atoms with Crippen molar-refractivity contribution in [2.75, 3.05) is 0 Å². The molecule has 1 aliphatic heterocycles. The van der Waals surface area contributed by atoms with Crippen LogP contribution in [-0.2, 0) is 0 Å². The van der Waals surface area contributed by atoms with Gasteiger partial charge in [0.1, 0.15) is 0 Å². The van der Waals surface area contributed by atoms with Crippen molar-refractivity contribution >= 4 is 37.1 Å². The fourth-order valence-electron chi connectivity index (χ4n) is 5.85. The Kier molecular flexibility index (Phi) is 7.36. The summed E-state index contributed by atoms with van der Waals surface area (Å²) in [5.41, 5.74) is 8.34. The molecule has 3 heterocycles. The van der Waals surface area contributed by atoms with Crippen LogP contribution in [0.3, 0.4) is 0 Å². The van der Waals surface area contributed by atoms with E-state index in [0.29, 0.717) is 17.5 Å². The Hall–Kier alpha value is -5.91. The number of benzene rings is 5. The van der Waals surface area contributed by atoms with Crippen LogP contribution in [0.5, 0.6) is 0 Å². The first-order valence-corrected chi connectivity index (χ1v) is 16.4. The van der Waals surface area contributed by atoms with Crippen molar-refractivity contribution in [1.82, 2.24) is 19.9 Å². The first-order valence-electron chi connectivity index (χ1n) is 15.5. The number of rotatable bonds is 6. The van der Waals surface area contributed by atoms with Gasteiger partial charge in [-0.25, -0.2) is 15.0 Å². The quantitative estimate of drug-likeness (QED) is 0.185. The number of allylic oxidation sites excluding steroid dienone is 4. The molecule has 0 saturated heterocycles. The summed E-state index contributed by atoms with van der Waals surface area (Å²) < 4.78 is 2.62. The molecule has 0 unspecified atom stereocenters. The maximum Gasteiger partial charge on any atom is 0.164 e. The zero-order valence-electron chi connectivity index (χ0n) is 25.8. The summed E-state index contributed by atoms with van der Waals surface area (Å²) in [5.74, 6) is 1.93. The van der Waals surface area contributed by atoms with Crippen LogP contribution in [0, 0.1) is 0 Å². The maximum atomic E-state index is 4.98. The second kappa shape index (κ2) is 12.1. The van der Waals surface area contributed by atoms with Gasteiger partial charge in [-0.05, 0) is 59.5 Å². The Morgan fingerprint density at radius 2 is 1.17 bits per heavy atom. The third-order valence-corrected chi connectivity index (χ3v) is 9.58. The molecule has 0 atom stereocenters. The van der Waals surface area contributed by atoms with Gasteiger partial charge in [0.25, 0.3) is 0 Å². The molecule has 0 bridgehead atoms. The monoisotopic (exact) mass is 622 g/mol. The number of aromatic nitrogens is 3. The summed E-state index contributed by atoms with van der Waals surface area (Å²) in [5, 5.41) is 2.60. The first kappa shape index (κ1) is 28.6. The van der Waals surface area contributed by atoms with Crippen LogP contribution in [0.2, 0.25) is 0 Å². The minimum absolute atomic E-state index is 0.637. The van der Waals surface area contributed by atoms with E-state index < -0.39 is 0 Å². The van der Waals surface area contributed by atoms with E-state index in [1.54, 1.807) is 0 Å². The highest BCUT2D eigenvalue weighted by molar-refractivity contribution is 7.25. The number of hydrogen-bond acceptors (Lipinski definition) is 5. The number of nitrogens with zero attached hydrogens (tertiary/aromatic N) is 4. The van der Waals surface area contributed by atoms with Crippen molar-refractivity contribution in [2.45, 2.75) is 6.92 Å². The fraction of sp³-hybridized carbons (Fsp3) is 0.0238. The third-order valence-electron chi connectivity index (χ3n) is 8.43. The molecular weight excluding hydrogens is 593 g/mol. The summed E-state index contributed by atoms with van der Waals surface area (Å²) in [6, 6.07) is 42.3. The molecular formula is C42H30N4S. The van der Waals surface area contributed by atoms with E-state index in [-0.39, 0.29) is 0 Å². The van der Waals surface area contributed by atoms with Gasteiger partial charge in [0.05, 0.1) is 0 Å². The van der Waals surface area contributed by atoms with Crippen molar-refractivity contribution in [1.29, 1.82) is 0 Å². The molecule has 0 aliphatic carbocycles. The summed E-state index contributed by atoms with van der Waals surface area (Å²) in [6.07, 6.45) is 10.1. The van der Waals surface area contributed by atoms with Crippen LogP contribution in [0.1, 0.15) is 12.5 Å². The van der Waals surface area contributed by atoms with Crippen molar-refractivity contribution in [3.8, 4) is 45.3 Å². The minimum atomic E-state index is 0.637. The molecule has 0 amide bonds. The molecule has 0 radical (unpaired) electrons. The average Bonchev–Trinajstić information content (AvgIpc) is 3.51. The number of hydrogen-bond donors (Lipinski definition) is 0. The van der Waals surface area contributed by atoms with E-state index in [9.17, 15) is 0 Å². The van der Waals surface area contributed by atoms with Gasteiger partial charge in [-0.1, -0.05) is 116 Å². The Morgan fingerprint density at radius 3 is 1.87 bits per heavy atom. The van der Waals surface area contributed by atoms with Crippen LogP contribution < -0.4 is 0 Å². The van der Waals surface area contributed by atoms with Crippen molar-refractivity contribution in [2.24, 2.45) is 0 Å². The van der Waals surface area contributed by atoms with Crippen molar-refractivity contribution < 1.29 is 0 Å². The summed E-state index contributed by atoms with van der Waals surface area (Å²) in [6.45, 7) is 6.23. The lowest BCUT2D eigenvalue weighted by Crippen LogP contribution is -2.08. The van der Waals surface area contributed by atoms with E-state index in [0.717, 1.165) is 39.1 Å². The topological polar surface area (TPSA) is 41.9 Å². The summed E-state index contributed by atoms with van der Waals surface area (Å²) in [7, 11) is 0. The molecule has 2 aromatic heterocycles. The average molecular weight is 623 g/mol. The van der Waals surface area contributed by atoms with Crippen molar-refractivity contribution in [3.63, 3.8) is 0 Å². The second-order valence-electron chi connectivity index (χ2n) is 11.5. The van der Waals surface area contributed by atoms with Gasteiger partial charge < -0.3 is 4.90 Å². The van der Waals surface area contributed by atoms with E-state index >= 15 is 0 Å². The number of thiophene rings is 1. The van der Waals surface area contributed by atoms with Gasteiger partial charge >= 0.3 is 0 Å². The van der Waals surface area contributed by atoms with Crippen LogP contribution in [0.25, 0.3) is 71.0 Å². The Labute approximate surface area is 278 Å². The maximum absolute atomic E-state index is 4.98. The van der Waals surface area contributed by atoms with Crippen molar-refractivity contribution in [3.05, 3.63) is 170 Å². The van der Waals surface area contributed by atoms with E-state index in [2.05, 4.69) is 111 Å². The molecule has 4 nitrogen and oxygen atoms in total. The molecule has 8 rings (SSSR count). The standard InChI is InChI=1S/C42H30N4S/c1-28(27-46-25-9-8-10-29(46)2)30-15-19-33(20-16-30)41-43-40(32-11-4-3-5-12-32)44-42(45-41)34-21-17-31(18-22-34)35-23-24-39-37(26-35)36-13-6-7-14-38(36)47-39/h3-27H,2H2,1H3/b28-27+. The first-order chi connectivity index (χ1) is 23.1. The highest BCUT2D eigenvalue weighted by atomic mass is 32.1. The van der Waals surface area contributed by atoms with Crippen LogP contribution in [0.15, 0.2) is 164 Å². The lowest BCUT2D eigenvalue weighted by atomic mass is 10.0. The Bertz CT molecular complexity index is 2360. The fourth-order valence-corrected chi connectivity index (χ4v) is 6.94. The molecule has 0 fully saturated rings. The van der Waals surface area contributed by atoms with Gasteiger partial charge in [-0.3, -0.25) is 0 Å². The molecule has 0 spiro atoms. The molecule has 0 saturated carbocycles. The largest absolute Gasteiger partial charge is 0.324 e. The van der Waals surface area contributed by atoms with E-state index in [1.165, 1.54) is 25.7 Å². The highest BCUT2D eigenvalue weighted by Gasteiger charge is 2.14. The predicted molar refractivity (Wildman–Crippen MR) is 197 cm³/mol. The SMILES string of the molecule is C=C1C=CC=CN1/C=C(\C)c1ccc(-c2nc(-c3ccccc3)nc(-c3ccc(-c4ccc5sc6ccccc6c5c4)cc3)n2)cc1. The molecule has 7 aromatic rings. The van der Waals surface area contributed by atoms with Gasteiger partial charge in [0, 0.05) is 55.0 Å². The normalized spacial score (nSPS) is 13.2. The Balaban J connectivity index is 1.13. The molecule has 0 N–H and O–H groups in total. The smallest absolute Gasteiger partial charge is 0.164 e. The van der Waals surface area contributed by atoms with E-state index in [4.69, 9.17) is 15.0 Å². The van der Waals surface area contributed by atoms with Gasteiger partial charge in [0.15, 0.2) is 17.5 Å². The third kappa shape index (κ3) is 5.69. The molecule has 5 heteroatoms. The molecule has 5 aromatic carbocycles. The number of fused-ring (bicyclic) bond motifs is 3. The van der Waals surface area contributed by atoms with Crippen LogP contribution >= 0.6 is 11.3 Å². The molecule has 47 heavy (non-hydrogen) atoms. The van der Waals surface area contributed by atoms with Crippen LogP contribution in [0.4, 0.5) is 0 Å². The molecule has 1 aliphatic rings. The summed E-state index contributed by atoms with van der Waals surface area (Å²) in [4.78, 5) is 16.9. The molecule has 224 valence electrons. The van der Waals surface area contributed by atoms with E-state index in [1.807, 2.05) is 71.0 Å². The minimum Gasteiger partial charge on any atom is -0.324 e. The Morgan fingerprint density at radius 1 is 0.596 bits per heavy atom. The second-order valence-corrected chi connectivity index (χ2v) is 12.6. The van der Waals surface area contributed by atoms with Gasteiger partial charge in [-0.15, -0.1) is 11.3 Å². The van der Waals surface area contributed by atoms with Gasteiger partial charge in [0.2, 0.25) is 0 Å². The zero-order valence-corrected chi connectivity index (χ0v) is 26.7. The lowest BCUT2D eigenvalue weighted by Gasteiger charge is -2.19. The summed E-state index contributed by atoms with van der Waals surface area (Å²) >= 11 is 1.84. The zero-order chi connectivity index (χ0) is 31.7. The lowest BCUT2D eigenvalue weighted by molar-refractivity contribution is 0.650. The van der Waals surface area contributed by atoms with Gasteiger partial charge in [-0.2, -0.15) is 0 Å². The van der Waals surface area contributed by atoms with Crippen LogP contribution in [-0.4, -0.2) is 19.9 Å².